The Balaban J connectivity index is 2.54. The molecule has 0 radical (unpaired) electrons. The predicted molar refractivity (Wildman–Crippen MR) is 53.0 cm³/mol. The number of rotatable bonds is 2. The van der Waals surface area contributed by atoms with Crippen molar-refractivity contribution in [3.8, 4) is 0 Å². The number of nitrogens with one attached hydrogen (secondary N) is 1. The SMILES string of the molecule is CN[SH+](=O)c1ccc2ccoc2c1. The van der Waals surface area contributed by atoms with Crippen LogP contribution in [0.4, 0.5) is 0 Å². The lowest BCUT2D eigenvalue weighted by atomic mass is 10.3. The van der Waals surface area contributed by atoms with Crippen molar-refractivity contribution in [3.05, 3.63) is 30.5 Å². The van der Waals surface area contributed by atoms with Crippen LogP contribution in [0.25, 0.3) is 11.0 Å². The minimum Gasteiger partial charge on any atom is -0.464 e. The first-order valence-corrected chi connectivity index (χ1v) is 5.19. The molecule has 1 N–H and O–H groups in total. The molecule has 0 aliphatic heterocycles. The summed E-state index contributed by atoms with van der Waals surface area (Å²) < 4.78 is 19.3. The number of hydrogen-bond acceptors (Lipinski definition) is 2. The normalized spacial score (nSPS) is 13.3. The molecule has 3 nitrogen and oxygen atoms in total. The Hall–Kier alpha value is -1.13. The fourth-order valence-electron chi connectivity index (χ4n) is 1.20. The minimum absolute atomic E-state index is 0.764. The highest BCUT2D eigenvalue weighted by atomic mass is 32.2. The first-order valence-electron chi connectivity index (χ1n) is 3.93. The number of furan rings is 1. The van der Waals surface area contributed by atoms with Gasteiger partial charge in [0.1, 0.15) is 5.58 Å². The third-order valence-corrected chi connectivity index (χ3v) is 3.03. The average Bonchev–Trinajstić information content (AvgIpc) is 2.63. The zero-order valence-electron chi connectivity index (χ0n) is 7.15. The summed E-state index contributed by atoms with van der Waals surface area (Å²) in [6.45, 7) is 0. The van der Waals surface area contributed by atoms with Crippen molar-refractivity contribution in [2.45, 2.75) is 4.90 Å². The second kappa shape index (κ2) is 3.32. The van der Waals surface area contributed by atoms with Gasteiger partial charge in [0, 0.05) is 18.5 Å². The monoisotopic (exact) mass is 196 g/mol. The lowest BCUT2D eigenvalue weighted by Gasteiger charge is -1.92. The molecule has 0 saturated carbocycles. The first kappa shape index (κ1) is 8.47. The van der Waals surface area contributed by atoms with Gasteiger partial charge in [0.25, 0.3) is 0 Å². The van der Waals surface area contributed by atoms with Crippen LogP contribution in [0.1, 0.15) is 0 Å². The Bertz CT molecular complexity index is 450. The van der Waals surface area contributed by atoms with Crippen LogP contribution in [0, 0.1) is 0 Å². The van der Waals surface area contributed by atoms with Gasteiger partial charge in [-0.25, -0.2) is 0 Å². The molecular formula is C9H10NO2S+. The van der Waals surface area contributed by atoms with Gasteiger partial charge in [-0.05, 0) is 18.2 Å². The quantitative estimate of drug-likeness (QED) is 0.586. The molecule has 13 heavy (non-hydrogen) atoms. The van der Waals surface area contributed by atoms with Crippen molar-refractivity contribution in [2.24, 2.45) is 0 Å². The molecule has 0 saturated heterocycles. The Morgan fingerprint density at radius 2 is 2.23 bits per heavy atom. The highest BCUT2D eigenvalue weighted by Crippen LogP contribution is 2.18. The average molecular weight is 196 g/mol. The lowest BCUT2D eigenvalue weighted by Crippen LogP contribution is -2.09. The Labute approximate surface area is 78.3 Å². The Morgan fingerprint density at radius 3 is 3.00 bits per heavy atom. The standard InChI is InChI=1S/C9H9NO2S/c1-10-13(11)8-3-2-7-4-5-12-9(7)6-8/h2-6H,1H3,(H,10,11)/p+1. The van der Waals surface area contributed by atoms with Crippen molar-refractivity contribution in [2.75, 3.05) is 7.05 Å². The van der Waals surface area contributed by atoms with E-state index in [0.717, 1.165) is 15.9 Å². The molecule has 1 unspecified atom stereocenters. The molecule has 1 aromatic heterocycles. The third kappa shape index (κ3) is 1.50. The molecule has 4 heteroatoms. The van der Waals surface area contributed by atoms with Gasteiger partial charge >= 0.3 is 0 Å². The van der Waals surface area contributed by atoms with Crippen LogP contribution in [0.2, 0.25) is 0 Å². The van der Waals surface area contributed by atoms with Crippen LogP contribution >= 0.6 is 0 Å². The molecule has 2 aromatic rings. The molecule has 0 bridgehead atoms. The zero-order valence-corrected chi connectivity index (χ0v) is 8.04. The largest absolute Gasteiger partial charge is 0.464 e. The van der Waals surface area contributed by atoms with Crippen molar-refractivity contribution in [1.29, 1.82) is 0 Å². The molecule has 0 aliphatic carbocycles. The van der Waals surface area contributed by atoms with Gasteiger partial charge in [0.05, 0.1) is 6.26 Å². The smallest absolute Gasteiger partial charge is 0.178 e. The number of thiol groups is 1. The van der Waals surface area contributed by atoms with Crippen molar-refractivity contribution in [1.82, 2.24) is 4.72 Å². The Morgan fingerprint density at radius 1 is 1.38 bits per heavy atom. The van der Waals surface area contributed by atoms with E-state index < -0.39 is 11.0 Å². The molecule has 0 spiro atoms. The molecule has 0 fully saturated rings. The van der Waals surface area contributed by atoms with Gasteiger partial charge in [-0.15, -0.1) is 4.72 Å². The van der Waals surface area contributed by atoms with E-state index in [-0.39, 0.29) is 0 Å². The fraction of sp³-hybridized carbons (Fsp3) is 0.111. The van der Waals surface area contributed by atoms with E-state index >= 15 is 0 Å². The number of hydrogen-bond donors (Lipinski definition) is 1. The molecule has 1 aromatic carbocycles. The van der Waals surface area contributed by atoms with E-state index in [9.17, 15) is 4.21 Å². The lowest BCUT2D eigenvalue weighted by molar-refractivity contribution is 0.590. The van der Waals surface area contributed by atoms with Crippen LogP contribution in [-0.2, 0) is 15.2 Å². The highest BCUT2D eigenvalue weighted by Gasteiger charge is 2.08. The maximum absolute atomic E-state index is 11.4. The first-order chi connectivity index (χ1) is 6.31. The summed E-state index contributed by atoms with van der Waals surface area (Å²) in [6, 6.07) is 7.42. The van der Waals surface area contributed by atoms with E-state index in [1.54, 1.807) is 19.4 Å². The van der Waals surface area contributed by atoms with E-state index in [1.165, 1.54) is 0 Å². The number of fused-ring (bicyclic) bond motifs is 1. The second-order valence-electron chi connectivity index (χ2n) is 2.66. The van der Waals surface area contributed by atoms with E-state index in [4.69, 9.17) is 4.42 Å². The molecule has 2 rings (SSSR count). The van der Waals surface area contributed by atoms with Gasteiger partial charge in [-0.1, -0.05) is 4.21 Å². The summed E-state index contributed by atoms with van der Waals surface area (Å²) in [6.07, 6.45) is 1.63. The summed E-state index contributed by atoms with van der Waals surface area (Å²) >= 11 is 0. The topological polar surface area (TPSA) is 42.2 Å². The molecule has 1 atom stereocenters. The van der Waals surface area contributed by atoms with Crippen LogP contribution in [0.3, 0.4) is 0 Å². The summed E-state index contributed by atoms with van der Waals surface area (Å²) in [5, 5.41) is 1.03. The summed E-state index contributed by atoms with van der Waals surface area (Å²) in [5.41, 5.74) is 0.774. The van der Waals surface area contributed by atoms with Gasteiger partial charge in [-0.3, -0.25) is 0 Å². The summed E-state index contributed by atoms with van der Waals surface area (Å²) in [4.78, 5) is 0.764. The highest BCUT2D eigenvalue weighted by molar-refractivity contribution is 7.83. The minimum atomic E-state index is -1.49. The maximum Gasteiger partial charge on any atom is 0.178 e. The van der Waals surface area contributed by atoms with E-state index in [0.29, 0.717) is 0 Å². The Kier molecular flexibility index (Phi) is 2.16. The van der Waals surface area contributed by atoms with E-state index in [1.807, 2.05) is 18.2 Å². The van der Waals surface area contributed by atoms with Crippen LogP contribution < -0.4 is 4.72 Å². The van der Waals surface area contributed by atoms with Crippen molar-refractivity contribution in [3.63, 3.8) is 0 Å². The summed E-state index contributed by atoms with van der Waals surface area (Å²) in [5.74, 6) is 0. The van der Waals surface area contributed by atoms with Crippen LogP contribution in [0.15, 0.2) is 39.8 Å². The third-order valence-electron chi connectivity index (χ3n) is 1.88. The molecule has 1 heterocycles. The molecular weight excluding hydrogens is 186 g/mol. The van der Waals surface area contributed by atoms with Crippen molar-refractivity contribution >= 4 is 22.0 Å². The van der Waals surface area contributed by atoms with Crippen LogP contribution in [-0.4, -0.2) is 7.05 Å². The van der Waals surface area contributed by atoms with E-state index in [2.05, 4.69) is 4.72 Å². The van der Waals surface area contributed by atoms with Gasteiger partial charge in [0.2, 0.25) is 0 Å². The maximum atomic E-state index is 11.4. The predicted octanol–water partition coefficient (Wildman–Crippen LogP) is 1.62. The van der Waals surface area contributed by atoms with Crippen LogP contribution in [0.5, 0.6) is 0 Å². The second-order valence-corrected chi connectivity index (χ2v) is 4.21. The zero-order chi connectivity index (χ0) is 9.26. The van der Waals surface area contributed by atoms with Gasteiger partial charge in [0.15, 0.2) is 15.9 Å². The molecule has 0 amide bonds. The number of benzene rings is 1. The van der Waals surface area contributed by atoms with Gasteiger partial charge in [-0.2, -0.15) is 0 Å². The van der Waals surface area contributed by atoms with Crippen molar-refractivity contribution < 1.29 is 8.63 Å². The molecule has 68 valence electrons. The molecule has 0 aliphatic rings. The van der Waals surface area contributed by atoms with Gasteiger partial charge < -0.3 is 4.42 Å². The fourth-order valence-corrected chi connectivity index (χ4v) is 1.90. The summed E-state index contributed by atoms with van der Waals surface area (Å²) in [7, 11) is 0.184.